The summed E-state index contributed by atoms with van der Waals surface area (Å²) in [7, 11) is 1.11. The van der Waals surface area contributed by atoms with Gasteiger partial charge in [-0.05, 0) is 16.0 Å². The average Bonchev–Trinajstić information content (AvgIpc) is 2.29. The molecule has 0 N–H and O–H groups in total. The molecule has 0 amide bonds. The second-order valence-electron chi connectivity index (χ2n) is 2.25. The summed E-state index contributed by atoms with van der Waals surface area (Å²) in [6.07, 6.45) is 0.938. The highest BCUT2D eigenvalue weighted by molar-refractivity contribution is 9.17. The number of carbonyl (C=O) groups excluding carboxylic acids is 2. The monoisotopic (exact) mass is 226 g/mol. The van der Waals surface area contributed by atoms with Crippen LogP contribution >= 0.6 is 30.2 Å². The molecule has 2 aliphatic heterocycles. The zero-order chi connectivity index (χ0) is 8.60. The number of rotatable bonds is 0. The number of hydrogen-bond donors (Lipinski definition) is 0. The fourth-order valence-corrected chi connectivity index (χ4v) is 8.08. The van der Waals surface area contributed by atoms with Crippen LogP contribution in [0.15, 0.2) is 0 Å². The van der Waals surface area contributed by atoms with Gasteiger partial charge in [-0.1, -0.05) is 10.8 Å². The van der Waals surface area contributed by atoms with Crippen LogP contribution in [0.5, 0.6) is 0 Å². The van der Waals surface area contributed by atoms with Crippen molar-refractivity contribution in [2.24, 2.45) is 0 Å². The molecule has 7 heteroatoms. The molecule has 12 heavy (non-hydrogen) atoms. The van der Waals surface area contributed by atoms with Gasteiger partial charge >= 0.3 is 11.9 Å². The van der Waals surface area contributed by atoms with Crippen LogP contribution in [-0.2, 0) is 18.0 Å². The Morgan fingerprint density at radius 1 is 1.25 bits per heavy atom. The van der Waals surface area contributed by atoms with Gasteiger partial charge in [0.1, 0.15) is 0 Å². The molecule has 0 atom stereocenters. The van der Waals surface area contributed by atoms with Crippen molar-refractivity contribution in [1.29, 1.82) is 0 Å². The first-order chi connectivity index (χ1) is 5.72. The van der Waals surface area contributed by atoms with E-state index in [1.54, 1.807) is 10.8 Å². The third-order valence-electron chi connectivity index (χ3n) is 1.35. The summed E-state index contributed by atoms with van der Waals surface area (Å²) in [4.78, 5) is 21.5. The normalized spacial score (nSPS) is 29.7. The van der Waals surface area contributed by atoms with E-state index >= 15 is 0 Å². The molecular weight excluding hydrogens is 220 g/mol. The summed E-state index contributed by atoms with van der Waals surface area (Å²) in [5.41, 5.74) is 0. The minimum atomic E-state index is -1.88. The Morgan fingerprint density at radius 3 is 2.42 bits per heavy atom. The second-order valence-corrected chi connectivity index (χ2v) is 8.75. The van der Waals surface area contributed by atoms with E-state index in [1.165, 1.54) is 9.83 Å². The van der Waals surface area contributed by atoms with Gasteiger partial charge < -0.3 is 8.37 Å². The fraction of sp³-hybridized carbons (Fsp3) is 0.600. The third kappa shape index (κ3) is 1.40. The summed E-state index contributed by atoms with van der Waals surface area (Å²) < 4.78 is 9.83. The molecule has 0 saturated carbocycles. The first-order valence-corrected chi connectivity index (χ1v) is 7.80. The van der Waals surface area contributed by atoms with Crippen molar-refractivity contribution in [3.63, 3.8) is 0 Å². The zero-order valence-corrected chi connectivity index (χ0v) is 8.43. The summed E-state index contributed by atoms with van der Waals surface area (Å²) in [6, 6.07) is 0. The fourth-order valence-electron chi connectivity index (χ4n) is 0.863. The minimum absolute atomic E-state index is 0.683. The summed E-state index contributed by atoms with van der Waals surface area (Å²) in [5, 5.41) is 0. The summed E-state index contributed by atoms with van der Waals surface area (Å²) in [6.45, 7) is 0. The van der Waals surface area contributed by atoms with E-state index in [2.05, 4.69) is 0 Å². The van der Waals surface area contributed by atoms with Crippen LogP contribution in [0.4, 0.5) is 0 Å². The highest BCUT2D eigenvalue weighted by Gasteiger charge is 2.43. The SMILES string of the molecule is O=C1OS2(CCCSS2)OC1=O. The van der Waals surface area contributed by atoms with Crippen molar-refractivity contribution in [2.45, 2.75) is 6.42 Å². The highest BCUT2D eigenvalue weighted by Crippen LogP contribution is 2.71. The molecule has 0 aliphatic carbocycles. The van der Waals surface area contributed by atoms with Gasteiger partial charge in [0.15, 0.2) is 0 Å². The van der Waals surface area contributed by atoms with Crippen molar-refractivity contribution in [1.82, 2.24) is 0 Å². The van der Waals surface area contributed by atoms with Gasteiger partial charge in [-0.2, -0.15) is 0 Å². The Bertz CT molecular complexity index is 217. The minimum Gasteiger partial charge on any atom is -0.323 e. The van der Waals surface area contributed by atoms with Crippen LogP contribution in [0.1, 0.15) is 6.42 Å². The molecule has 2 fully saturated rings. The Balaban J connectivity index is 2.12. The van der Waals surface area contributed by atoms with E-state index in [0.717, 1.165) is 12.2 Å². The van der Waals surface area contributed by atoms with Crippen LogP contribution in [0.25, 0.3) is 0 Å². The van der Waals surface area contributed by atoms with Crippen LogP contribution in [0.2, 0.25) is 0 Å². The van der Waals surface area contributed by atoms with Crippen molar-refractivity contribution in [3.8, 4) is 0 Å². The maximum Gasteiger partial charge on any atom is 0.442 e. The first kappa shape index (κ1) is 8.58. The molecule has 0 aromatic carbocycles. The molecule has 68 valence electrons. The molecule has 2 heterocycles. The van der Waals surface area contributed by atoms with Gasteiger partial charge in [-0.3, -0.25) is 0 Å². The van der Waals surface area contributed by atoms with E-state index in [0.29, 0.717) is 5.75 Å². The smallest absolute Gasteiger partial charge is 0.323 e. The van der Waals surface area contributed by atoms with E-state index in [-0.39, 0.29) is 0 Å². The molecule has 0 aromatic rings. The summed E-state index contributed by atoms with van der Waals surface area (Å²) >= 11 is 0. The molecule has 0 bridgehead atoms. The maximum absolute atomic E-state index is 10.7. The first-order valence-electron chi connectivity index (χ1n) is 3.31. The Morgan fingerprint density at radius 2 is 1.92 bits per heavy atom. The van der Waals surface area contributed by atoms with E-state index in [9.17, 15) is 9.59 Å². The van der Waals surface area contributed by atoms with Gasteiger partial charge in [-0.25, -0.2) is 9.59 Å². The lowest BCUT2D eigenvalue weighted by molar-refractivity contribution is -0.150. The predicted octanol–water partition coefficient (Wildman–Crippen LogP) is 1.42. The van der Waals surface area contributed by atoms with Crippen molar-refractivity contribution < 1.29 is 18.0 Å². The largest absolute Gasteiger partial charge is 0.442 e. The molecular formula is C5H6O4S3. The maximum atomic E-state index is 10.7. The Labute approximate surface area is 78.3 Å². The van der Waals surface area contributed by atoms with Gasteiger partial charge in [0.2, 0.25) is 0 Å². The quantitative estimate of drug-likeness (QED) is 0.460. The van der Waals surface area contributed by atoms with E-state index in [4.69, 9.17) is 8.37 Å². The van der Waals surface area contributed by atoms with Crippen LogP contribution in [0.3, 0.4) is 0 Å². The second kappa shape index (κ2) is 3.04. The molecule has 0 unspecified atom stereocenters. The van der Waals surface area contributed by atoms with E-state index < -0.39 is 21.6 Å². The van der Waals surface area contributed by atoms with Crippen LogP contribution < -0.4 is 0 Å². The van der Waals surface area contributed by atoms with Gasteiger partial charge in [0.05, 0.1) is 15.6 Å². The topological polar surface area (TPSA) is 52.6 Å². The molecule has 0 aromatic heterocycles. The highest BCUT2D eigenvalue weighted by atomic mass is 33.5. The average molecular weight is 226 g/mol. The van der Waals surface area contributed by atoms with Gasteiger partial charge in [0, 0.05) is 5.75 Å². The van der Waals surface area contributed by atoms with Crippen molar-refractivity contribution in [3.05, 3.63) is 0 Å². The number of carbonyl (C=O) groups is 2. The zero-order valence-electron chi connectivity index (χ0n) is 5.98. The molecule has 2 aliphatic rings. The Hall–Kier alpha value is -0.0100. The Kier molecular flexibility index (Phi) is 2.18. The molecule has 2 rings (SSSR count). The predicted molar refractivity (Wildman–Crippen MR) is 49.3 cm³/mol. The van der Waals surface area contributed by atoms with Crippen LogP contribution in [0, 0.1) is 0 Å². The number of hydrogen-bond acceptors (Lipinski definition) is 6. The van der Waals surface area contributed by atoms with Crippen LogP contribution in [-0.4, -0.2) is 23.4 Å². The standard InChI is InChI=1S/C5H6O4S3/c6-4-5(7)9-12(8-4)3-1-2-10-11-12/h1-3H2. The molecule has 0 radical (unpaired) electrons. The van der Waals surface area contributed by atoms with Crippen molar-refractivity contribution in [2.75, 3.05) is 11.5 Å². The lowest BCUT2D eigenvalue weighted by Gasteiger charge is -2.35. The molecule has 2 saturated heterocycles. The lowest BCUT2D eigenvalue weighted by atomic mass is 10.6. The van der Waals surface area contributed by atoms with Gasteiger partial charge in [0.25, 0.3) is 0 Å². The van der Waals surface area contributed by atoms with Crippen molar-refractivity contribution >= 4 is 42.2 Å². The third-order valence-corrected chi connectivity index (χ3v) is 8.75. The summed E-state index contributed by atoms with van der Waals surface area (Å²) in [5.74, 6) is 0.0384. The lowest BCUT2D eigenvalue weighted by Crippen LogP contribution is -2.05. The molecule has 4 nitrogen and oxygen atoms in total. The van der Waals surface area contributed by atoms with Gasteiger partial charge in [-0.15, -0.1) is 0 Å². The van der Waals surface area contributed by atoms with E-state index in [1.807, 2.05) is 0 Å². The molecule has 1 spiro atoms.